The summed E-state index contributed by atoms with van der Waals surface area (Å²) in [6.45, 7) is 3.77. The van der Waals surface area contributed by atoms with Crippen LogP contribution in [-0.2, 0) is 7.05 Å². The predicted molar refractivity (Wildman–Crippen MR) is 84.2 cm³/mol. The monoisotopic (exact) mass is 321 g/mol. The van der Waals surface area contributed by atoms with Gasteiger partial charge in [-0.25, -0.2) is 5.48 Å². The largest absolute Gasteiger partial charge is 0.347 e. The molecule has 2 rings (SSSR count). The number of hydrogen-bond donors (Lipinski definition) is 3. The van der Waals surface area contributed by atoms with Crippen LogP contribution in [0, 0.1) is 6.92 Å². The number of thiophene rings is 1. The summed E-state index contributed by atoms with van der Waals surface area (Å²) in [5.74, 6) is -0.684. The van der Waals surface area contributed by atoms with Crippen LogP contribution in [0.25, 0.3) is 0 Å². The van der Waals surface area contributed by atoms with Gasteiger partial charge in [-0.15, -0.1) is 11.3 Å². The lowest BCUT2D eigenvalue weighted by molar-refractivity contribution is 0.0710. The molecule has 0 aliphatic carbocycles. The van der Waals surface area contributed by atoms with Crippen molar-refractivity contribution in [2.45, 2.75) is 26.3 Å². The first-order valence-corrected chi connectivity index (χ1v) is 7.76. The molecule has 2 aromatic heterocycles. The third-order valence-corrected chi connectivity index (χ3v) is 4.83. The topological polar surface area (TPSA) is 83.4 Å². The second kappa shape index (κ2) is 6.76. The maximum absolute atomic E-state index is 12.3. The Bertz CT molecular complexity index is 690. The van der Waals surface area contributed by atoms with Crippen molar-refractivity contribution in [3.8, 4) is 0 Å². The molecule has 0 aliphatic heterocycles. The number of carbonyl (C=O) groups excluding carboxylic acids is 2. The van der Waals surface area contributed by atoms with Crippen LogP contribution in [0.2, 0.25) is 0 Å². The summed E-state index contributed by atoms with van der Waals surface area (Å²) in [6, 6.07) is 5.27. The summed E-state index contributed by atoms with van der Waals surface area (Å²) in [7, 11) is 1.81. The fourth-order valence-electron chi connectivity index (χ4n) is 2.26. The maximum Gasteiger partial charge on any atom is 0.284 e. The molecule has 0 unspecified atom stereocenters. The van der Waals surface area contributed by atoms with E-state index in [9.17, 15) is 9.59 Å². The standard InChI is InChI=1S/C15H19N3O3S/c1-4-10(16-14(19)11-6-5-7-18(11)3)12-8-9(2)13(22-12)15(20)17-21/h5-8,10,21H,4H2,1-3H3,(H,16,19)(H,17,20)/t10-/m0/s1. The number of hydrogen-bond acceptors (Lipinski definition) is 4. The fourth-order valence-corrected chi connectivity index (χ4v) is 3.46. The average molecular weight is 321 g/mol. The summed E-state index contributed by atoms with van der Waals surface area (Å²) >= 11 is 1.27. The molecular weight excluding hydrogens is 302 g/mol. The molecule has 0 radical (unpaired) electrons. The molecule has 0 bridgehead atoms. The Morgan fingerprint density at radius 2 is 2.14 bits per heavy atom. The van der Waals surface area contributed by atoms with Gasteiger partial charge < -0.3 is 9.88 Å². The van der Waals surface area contributed by atoms with Gasteiger partial charge in [-0.3, -0.25) is 14.8 Å². The number of nitrogens with one attached hydrogen (secondary N) is 2. The molecule has 2 aromatic rings. The van der Waals surface area contributed by atoms with Crippen LogP contribution >= 0.6 is 11.3 Å². The molecular formula is C15H19N3O3S. The second-order valence-corrected chi connectivity index (χ2v) is 6.12. The lowest BCUT2D eigenvalue weighted by Gasteiger charge is -2.15. The highest BCUT2D eigenvalue weighted by atomic mass is 32.1. The maximum atomic E-state index is 12.3. The minimum atomic E-state index is -0.530. The summed E-state index contributed by atoms with van der Waals surface area (Å²) in [5, 5.41) is 11.7. The summed E-state index contributed by atoms with van der Waals surface area (Å²) in [5.41, 5.74) is 3.00. The van der Waals surface area contributed by atoms with Gasteiger partial charge in [0.15, 0.2) is 0 Å². The summed E-state index contributed by atoms with van der Waals surface area (Å²) < 4.78 is 1.76. The molecule has 1 atom stereocenters. The van der Waals surface area contributed by atoms with Crippen LogP contribution in [0.1, 0.15) is 50.0 Å². The molecule has 0 spiro atoms. The molecule has 22 heavy (non-hydrogen) atoms. The Hall–Kier alpha value is -2.12. The van der Waals surface area contributed by atoms with E-state index in [4.69, 9.17) is 5.21 Å². The third kappa shape index (κ3) is 3.20. The molecule has 0 saturated heterocycles. The zero-order chi connectivity index (χ0) is 16.3. The SMILES string of the molecule is CC[C@H](NC(=O)c1cccn1C)c1cc(C)c(C(=O)NO)s1. The predicted octanol–water partition coefficient (Wildman–Crippen LogP) is 2.40. The number of aryl methyl sites for hydroxylation is 2. The zero-order valence-corrected chi connectivity index (χ0v) is 13.5. The lowest BCUT2D eigenvalue weighted by Crippen LogP contribution is -2.29. The molecule has 3 N–H and O–H groups in total. The number of hydroxylamine groups is 1. The van der Waals surface area contributed by atoms with E-state index >= 15 is 0 Å². The quantitative estimate of drug-likeness (QED) is 0.584. The first-order valence-electron chi connectivity index (χ1n) is 6.94. The average Bonchev–Trinajstić information content (AvgIpc) is 3.09. The van der Waals surface area contributed by atoms with Crippen molar-refractivity contribution in [3.05, 3.63) is 45.4 Å². The van der Waals surface area contributed by atoms with Gasteiger partial charge in [-0.05, 0) is 37.1 Å². The molecule has 6 nitrogen and oxygen atoms in total. The van der Waals surface area contributed by atoms with Gasteiger partial charge in [0, 0.05) is 18.1 Å². The zero-order valence-electron chi connectivity index (χ0n) is 12.7. The first kappa shape index (κ1) is 16.3. The van der Waals surface area contributed by atoms with Crippen molar-refractivity contribution in [2.75, 3.05) is 0 Å². The van der Waals surface area contributed by atoms with E-state index in [1.165, 1.54) is 11.3 Å². The van der Waals surface area contributed by atoms with Gasteiger partial charge >= 0.3 is 0 Å². The van der Waals surface area contributed by atoms with Crippen molar-refractivity contribution in [1.29, 1.82) is 0 Å². The first-order chi connectivity index (χ1) is 10.5. The highest BCUT2D eigenvalue weighted by Crippen LogP contribution is 2.29. The number of carbonyl (C=O) groups is 2. The van der Waals surface area contributed by atoms with Crippen LogP contribution in [0.4, 0.5) is 0 Å². The molecule has 2 amide bonds. The van der Waals surface area contributed by atoms with Crippen molar-refractivity contribution in [2.24, 2.45) is 7.05 Å². The Morgan fingerprint density at radius 1 is 1.41 bits per heavy atom. The second-order valence-electron chi connectivity index (χ2n) is 5.04. The number of nitrogens with zero attached hydrogens (tertiary/aromatic N) is 1. The molecule has 0 aromatic carbocycles. The smallest absolute Gasteiger partial charge is 0.284 e. The van der Waals surface area contributed by atoms with E-state index < -0.39 is 5.91 Å². The van der Waals surface area contributed by atoms with Gasteiger partial charge in [0.25, 0.3) is 11.8 Å². The van der Waals surface area contributed by atoms with Crippen molar-refractivity contribution in [3.63, 3.8) is 0 Å². The third-order valence-electron chi connectivity index (χ3n) is 3.48. The highest BCUT2D eigenvalue weighted by molar-refractivity contribution is 7.14. The van der Waals surface area contributed by atoms with Gasteiger partial charge in [0.2, 0.25) is 0 Å². The van der Waals surface area contributed by atoms with Gasteiger partial charge in [0.1, 0.15) is 5.69 Å². The summed E-state index contributed by atoms with van der Waals surface area (Å²) in [6.07, 6.45) is 2.52. The summed E-state index contributed by atoms with van der Waals surface area (Å²) in [4.78, 5) is 25.2. The van der Waals surface area contributed by atoms with Crippen molar-refractivity contribution < 1.29 is 14.8 Å². The Morgan fingerprint density at radius 3 is 2.68 bits per heavy atom. The lowest BCUT2D eigenvalue weighted by atomic mass is 10.1. The molecule has 118 valence electrons. The van der Waals surface area contributed by atoms with E-state index in [0.29, 0.717) is 17.0 Å². The fraction of sp³-hybridized carbons (Fsp3) is 0.333. The highest BCUT2D eigenvalue weighted by Gasteiger charge is 2.20. The van der Waals surface area contributed by atoms with Crippen molar-refractivity contribution >= 4 is 23.2 Å². The van der Waals surface area contributed by atoms with Crippen LogP contribution in [0.15, 0.2) is 24.4 Å². The number of rotatable bonds is 5. The Kier molecular flexibility index (Phi) is 4.99. The van der Waals surface area contributed by atoms with E-state index in [1.54, 1.807) is 23.0 Å². The van der Waals surface area contributed by atoms with Crippen LogP contribution in [-0.4, -0.2) is 21.6 Å². The minimum absolute atomic E-state index is 0.154. The van der Waals surface area contributed by atoms with E-state index in [-0.39, 0.29) is 11.9 Å². The molecule has 0 aliphatic rings. The van der Waals surface area contributed by atoms with Gasteiger partial charge in [-0.2, -0.15) is 0 Å². The van der Waals surface area contributed by atoms with Crippen molar-refractivity contribution in [1.82, 2.24) is 15.4 Å². The number of aromatic nitrogens is 1. The molecule has 0 fully saturated rings. The van der Waals surface area contributed by atoms with Gasteiger partial charge in [-0.1, -0.05) is 6.92 Å². The molecule has 7 heteroatoms. The Balaban J connectivity index is 2.20. The van der Waals surface area contributed by atoms with Crippen LogP contribution in [0.5, 0.6) is 0 Å². The normalized spacial score (nSPS) is 12.0. The van der Waals surface area contributed by atoms with Crippen LogP contribution < -0.4 is 10.8 Å². The van der Waals surface area contributed by atoms with E-state index in [1.807, 2.05) is 32.3 Å². The van der Waals surface area contributed by atoms with E-state index in [2.05, 4.69) is 5.32 Å². The molecule has 2 heterocycles. The van der Waals surface area contributed by atoms with Crippen LogP contribution in [0.3, 0.4) is 0 Å². The van der Waals surface area contributed by atoms with E-state index in [0.717, 1.165) is 10.4 Å². The Labute approximate surface area is 132 Å². The molecule has 0 saturated carbocycles. The van der Waals surface area contributed by atoms with Gasteiger partial charge in [0.05, 0.1) is 10.9 Å². The minimum Gasteiger partial charge on any atom is -0.347 e. The number of amides is 2.